The fraction of sp³-hybridized carbons (Fsp3) is 0.375. The van der Waals surface area contributed by atoms with Crippen LogP contribution in [0.4, 0.5) is 5.95 Å². The van der Waals surface area contributed by atoms with Crippen molar-refractivity contribution in [2.24, 2.45) is 0 Å². The predicted octanol–water partition coefficient (Wildman–Crippen LogP) is -1.81. The van der Waals surface area contributed by atoms with E-state index in [4.69, 9.17) is 20.8 Å². The van der Waals surface area contributed by atoms with E-state index in [-0.39, 0.29) is 19.2 Å². The number of aromatic nitrogens is 4. The van der Waals surface area contributed by atoms with E-state index in [0.717, 1.165) is 0 Å². The summed E-state index contributed by atoms with van der Waals surface area (Å²) in [5, 5.41) is 17.7. The Bertz CT molecular complexity index is 485. The van der Waals surface area contributed by atoms with Gasteiger partial charge < -0.3 is 20.8 Å². The van der Waals surface area contributed by atoms with Gasteiger partial charge in [0, 0.05) is 0 Å². The molecule has 16 heavy (non-hydrogen) atoms. The van der Waals surface area contributed by atoms with Crippen LogP contribution in [0.5, 0.6) is 0 Å². The number of rotatable bonds is 4. The molecule has 0 aliphatic carbocycles. The zero-order valence-electron chi connectivity index (χ0n) is 8.32. The van der Waals surface area contributed by atoms with E-state index in [2.05, 4.69) is 15.0 Å². The van der Waals surface area contributed by atoms with Crippen molar-refractivity contribution in [2.75, 3.05) is 18.9 Å². The van der Waals surface area contributed by atoms with Crippen molar-refractivity contribution in [3.63, 3.8) is 0 Å². The molecule has 2 aromatic rings. The van der Waals surface area contributed by atoms with Crippen LogP contribution < -0.4 is 10.6 Å². The average Bonchev–Trinajstić information content (AvgIpc) is 2.68. The van der Waals surface area contributed by atoms with E-state index in [9.17, 15) is 0 Å². The molecule has 1 atom stereocenters. The maximum absolute atomic E-state index is 9.12. The van der Waals surface area contributed by atoms with E-state index in [1.807, 2.05) is 0 Å². The second kappa shape index (κ2) is 4.29. The lowest BCUT2D eigenvalue weighted by Gasteiger charge is -2.09. The molecule has 0 unspecified atom stereocenters. The molecule has 2 aromatic heterocycles. The van der Waals surface area contributed by atoms with Crippen molar-refractivity contribution in [1.29, 1.82) is 0 Å². The van der Waals surface area contributed by atoms with Crippen molar-refractivity contribution in [3.8, 4) is 0 Å². The number of hydrogen-bond donors (Lipinski definition) is 3. The third-order valence-electron chi connectivity index (χ3n) is 1.90. The van der Waals surface area contributed by atoms with Gasteiger partial charge in [-0.3, -0.25) is 0 Å². The number of nitrogen functional groups attached to an aromatic ring is 1. The fourth-order valence-electron chi connectivity index (χ4n) is 1.12. The van der Waals surface area contributed by atoms with Crippen molar-refractivity contribution in [1.82, 2.24) is 19.7 Å². The first kappa shape index (κ1) is 10.6. The molecule has 86 valence electrons. The van der Waals surface area contributed by atoms with Crippen molar-refractivity contribution >= 4 is 17.1 Å². The summed E-state index contributed by atoms with van der Waals surface area (Å²) < 4.78 is 1.27. The van der Waals surface area contributed by atoms with Crippen LogP contribution in [0.1, 0.15) is 0 Å². The Labute approximate surface area is 90.3 Å². The second-order valence-electron chi connectivity index (χ2n) is 3.14. The molecular formula is C8H11N5O3. The van der Waals surface area contributed by atoms with Crippen molar-refractivity contribution < 1.29 is 15.1 Å². The Balaban J connectivity index is 2.21. The molecule has 0 spiro atoms. The van der Waals surface area contributed by atoms with Crippen molar-refractivity contribution in [2.45, 2.75) is 6.10 Å². The molecule has 4 N–H and O–H groups in total. The quantitative estimate of drug-likeness (QED) is 0.561. The molecule has 2 heterocycles. The highest BCUT2D eigenvalue weighted by Crippen LogP contribution is 2.08. The minimum Gasteiger partial charge on any atom is -0.408 e. The van der Waals surface area contributed by atoms with Gasteiger partial charge in [0.05, 0.1) is 12.8 Å². The van der Waals surface area contributed by atoms with Crippen LogP contribution in [0.25, 0.3) is 11.2 Å². The molecule has 0 saturated heterocycles. The molecule has 0 aliphatic heterocycles. The highest BCUT2D eigenvalue weighted by atomic mass is 16.7. The first-order valence-electron chi connectivity index (χ1n) is 4.58. The smallest absolute Gasteiger partial charge is 0.222 e. The maximum atomic E-state index is 9.12. The van der Waals surface area contributed by atoms with E-state index < -0.39 is 6.10 Å². The Hall–Kier alpha value is -1.93. The lowest BCUT2D eigenvalue weighted by Crippen LogP contribution is -2.26. The molecule has 0 amide bonds. The number of aliphatic hydroxyl groups excluding tert-OH is 2. The normalized spacial score (nSPS) is 12.9. The van der Waals surface area contributed by atoms with Crippen LogP contribution in [0.2, 0.25) is 0 Å². The van der Waals surface area contributed by atoms with E-state index in [0.29, 0.717) is 11.2 Å². The molecule has 8 nitrogen and oxygen atoms in total. The predicted molar refractivity (Wildman–Crippen MR) is 54.3 cm³/mol. The number of nitrogens with zero attached hydrogens (tertiary/aromatic N) is 4. The summed E-state index contributed by atoms with van der Waals surface area (Å²) in [6, 6.07) is 0. The average molecular weight is 225 g/mol. The van der Waals surface area contributed by atoms with Crippen LogP contribution in [0.3, 0.4) is 0 Å². The summed E-state index contributed by atoms with van der Waals surface area (Å²) in [7, 11) is 0. The van der Waals surface area contributed by atoms with Crippen LogP contribution >= 0.6 is 0 Å². The van der Waals surface area contributed by atoms with Crippen LogP contribution in [-0.2, 0) is 0 Å². The standard InChI is InChI=1S/C8H11N5O3/c9-8-10-1-6-7(12-8)13(4-11-6)16-3-5(15)2-14/h1,4-5,14-15H,2-3H2,(H2,9,10,12)/t5-/m0/s1. The largest absolute Gasteiger partial charge is 0.408 e. The highest BCUT2D eigenvalue weighted by molar-refractivity contribution is 5.70. The van der Waals surface area contributed by atoms with Crippen LogP contribution in [0.15, 0.2) is 12.5 Å². The number of anilines is 1. The van der Waals surface area contributed by atoms with Crippen LogP contribution in [-0.4, -0.2) is 49.2 Å². The minimum atomic E-state index is -0.948. The molecule has 0 saturated carbocycles. The molecule has 0 bridgehead atoms. The van der Waals surface area contributed by atoms with E-state index in [1.165, 1.54) is 17.3 Å². The number of aliphatic hydroxyl groups is 2. The molecule has 0 aliphatic rings. The van der Waals surface area contributed by atoms with Gasteiger partial charge in [-0.15, -0.1) is 0 Å². The highest BCUT2D eigenvalue weighted by Gasteiger charge is 2.08. The number of hydrogen-bond acceptors (Lipinski definition) is 7. The third-order valence-corrected chi connectivity index (χ3v) is 1.90. The van der Waals surface area contributed by atoms with Gasteiger partial charge in [-0.1, -0.05) is 0 Å². The van der Waals surface area contributed by atoms with E-state index >= 15 is 0 Å². The summed E-state index contributed by atoms with van der Waals surface area (Å²) in [5.41, 5.74) is 6.38. The summed E-state index contributed by atoms with van der Waals surface area (Å²) in [4.78, 5) is 16.9. The van der Waals surface area contributed by atoms with Gasteiger partial charge in [-0.2, -0.15) is 9.71 Å². The SMILES string of the molecule is Nc1ncc2ncn(OC[C@@H](O)CO)c2n1. The lowest BCUT2D eigenvalue weighted by molar-refractivity contribution is 0.00239. The first-order valence-corrected chi connectivity index (χ1v) is 4.58. The lowest BCUT2D eigenvalue weighted by atomic mass is 10.4. The topological polar surface area (TPSA) is 119 Å². The third kappa shape index (κ3) is 2.02. The molecule has 0 radical (unpaired) electrons. The Morgan fingerprint density at radius 2 is 2.31 bits per heavy atom. The van der Waals surface area contributed by atoms with Gasteiger partial charge in [0.1, 0.15) is 24.6 Å². The van der Waals surface area contributed by atoms with E-state index in [1.54, 1.807) is 0 Å². The number of fused-ring (bicyclic) bond motifs is 1. The Kier molecular flexibility index (Phi) is 2.84. The monoisotopic (exact) mass is 225 g/mol. The first-order chi connectivity index (χ1) is 7.70. The van der Waals surface area contributed by atoms with Gasteiger partial charge in [0.2, 0.25) is 11.6 Å². The number of nitrogens with two attached hydrogens (primary N) is 1. The maximum Gasteiger partial charge on any atom is 0.222 e. The summed E-state index contributed by atoms with van der Waals surface area (Å²) in [6.07, 6.45) is 1.92. The second-order valence-corrected chi connectivity index (χ2v) is 3.14. The van der Waals surface area contributed by atoms with Gasteiger partial charge >= 0.3 is 0 Å². The van der Waals surface area contributed by atoms with Gasteiger partial charge in [-0.25, -0.2) is 9.97 Å². The van der Waals surface area contributed by atoms with Crippen LogP contribution in [0, 0.1) is 0 Å². The number of imidazole rings is 1. The summed E-state index contributed by atoms with van der Waals surface area (Å²) in [5.74, 6) is 0.112. The fourth-order valence-corrected chi connectivity index (χ4v) is 1.12. The zero-order valence-corrected chi connectivity index (χ0v) is 8.32. The molecule has 8 heteroatoms. The Morgan fingerprint density at radius 1 is 1.50 bits per heavy atom. The molecule has 2 rings (SSSR count). The van der Waals surface area contributed by atoms with Crippen molar-refractivity contribution in [3.05, 3.63) is 12.5 Å². The summed E-state index contributed by atoms with van der Waals surface area (Å²) in [6.45, 7) is -0.435. The molecular weight excluding hydrogens is 214 g/mol. The molecule has 0 aromatic carbocycles. The van der Waals surface area contributed by atoms with Gasteiger partial charge in [-0.05, 0) is 0 Å². The Morgan fingerprint density at radius 3 is 3.06 bits per heavy atom. The van der Waals surface area contributed by atoms with Gasteiger partial charge in [0.15, 0.2) is 0 Å². The summed E-state index contributed by atoms with van der Waals surface area (Å²) >= 11 is 0. The van der Waals surface area contributed by atoms with Gasteiger partial charge in [0.25, 0.3) is 0 Å². The minimum absolute atomic E-state index is 0.0636. The zero-order chi connectivity index (χ0) is 11.5. The molecule has 0 fully saturated rings.